The fourth-order valence-corrected chi connectivity index (χ4v) is 2.60. The topological polar surface area (TPSA) is 60.9 Å². The first kappa shape index (κ1) is 13.1. The molecule has 4 nitrogen and oxygen atoms in total. The van der Waals surface area contributed by atoms with Gasteiger partial charge in [-0.15, -0.1) is 0 Å². The number of hydrogen-bond donors (Lipinski definition) is 1. The smallest absolute Gasteiger partial charge is 0.261 e. The lowest BCUT2D eigenvalue weighted by Crippen LogP contribution is -2.21. The number of rotatable bonds is 2. The van der Waals surface area contributed by atoms with Gasteiger partial charge in [0.2, 0.25) is 0 Å². The second-order valence-corrected chi connectivity index (χ2v) is 5.28. The molecule has 0 radical (unpaired) electrons. The van der Waals surface area contributed by atoms with Crippen molar-refractivity contribution in [1.82, 2.24) is 9.55 Å². The predicted molar refractivity (Wildman–Crippen MR) is 76.1 cm³/mol. The van der Waals surface area contributed by atoms with Crippen molar-refractivity contribution >= 4 is 22.7 Å². The summed E-state index contributed by atoms with van der Waals surface area (Å²) in [6.07, 6.45) is 1.91. The lowest BCUT2D eigenvalue weighted by molar-refractivity contribution is 0.722. The molecule has 0 saturated heterocycles. The van der Waals surface area contributed by atoms with E-state index in [1.165, 1.54) is 11.8 Å². The average Bonchev–Trinajstić information content (AvgIpc) is 2.33. The van der Waals surface area contributed by atoms with Crippen LogP contribution in [0, 0.1) is 6.92 Å². The highest BCUT2D eigenvalue weighted by Crippen LogP contribution is 2.23. The van der Waals surface area contributed by atoms with Crippen molar-refractivity contribution in [2.45, 2.75) is 25.0 Å². The highest BCUT2D eigenvalue weighted by Gasteiger charge is 2.13. The maximum atomic E-state index is 12.3. The zero-order valence-electron chi connectivity index (χ0n) is 11.0. The maximum absolute atomic E-state index is 12.3. The van der Waals surface area contributed by atoms with Gasteiger partial charge in [0.1, 0.15) is 0 Å². The molecule has 0 aliphatic rings. The molecule has 0 spiro atoms. The molecule has 0 amide bonds. The van der Waals surface area contributed by atoms with E-state index in [9.17, 15) is 4.79 Å². The molecule has 1 aromatic heterocycles. The number of thioether (sulfide) groups is 1. The Morgan fingerprint density at radius 1 is 1.44 bits per heavy atom. The molecule has 96 valence electrons. The summed E-state index contributed by atoms with van der Waals surface area (Å²) in [7, 11) is 1.74. The molecule has 0 aliphatic heterocycles. The fraction of sp³-hybridized carbons (Fsp3) is 0.385. The summed E-state index contributed by atoms with van der Waals surface area (Å²) in [5.41, 5.74) is 8.64. The summed E-state index contributed by atoms with van der Waals surface area (Å²) in [5.74, 6) is 0. The van der Waals surface area contributed by atoms with Crippen LogP contribution in [0.2, 0.25) is 0 Å². The quantitative estimate of drug-likeness (QED) is 0.665. The second-order valence-electron chi connectivity index (χ2n) is 4.50. The first-order valence-electron chi connectivity index (χ1n) is 5.76. The molecule has 2 rings (SSSR count). The SMILES string of the molecule is CSc1nc2c(C(C)N)cc(C)cc2c(=O)n1C. The standard InChI is InChI=1S/C13H17N3OS/c1-7-5-9(8(2)14)11-10(6-7)12(17)16(3)13(15-11)18-4/h5-6,8H,14H2,1-4H3. The van der Waals surface area contributed by atoms with Crippen LogP contribution in [0.25, 0.3) is 10.9 Å². The van der Waals surface area contributed by atoms with Gasteiger partial charge in [-0.05, 0) is 37.3 Å². The maximum Gasteiger partial charge on any atom is 0.261 e. The number of nitrogens with zero attached hydrogens (tertiary/aromatic N) is 2. The van der Waals surface area contributed by atoms with Gasteiger partial charge in [-0.1, -0.05) is 17.8 Å². The molecular formula is C13H17N3OS. The van der Waals surface area contributed by atoms with Crippen molar-refractivity contribution in [3.63, 3.8) is 0 Å². The van der Waals surface area contributed by atoms with Crippen LogP contribution in [-0.2, 0) is 7.05 Å². The van der Waals surface area contributed by atoms with E-state index in [2.05, 4.69) is 4.98 Å². The number of aryl methyl sites for hydroxylation is 1. The molecule has 5 heteroatoms. The van der Waals surface area contributed by atoms with Crippen molar-refractivity contribution in [3.05, 3.63) is 33.6 Å². The third kappa shape index (κ3) is 2.04. The minimum atomic E-state index is -0.137. The Bertz CT molecular complexity index is 661. The van der Waals surface area contributed by atoms with Crippen LogP contribution >= 0.6 is 11.8 Å². The predicted octanol–water partition coefficient (Wildman–Crippen LogP) is 1.98. The zero-order chi connectivity index (χ0) is 13.4. The Labute approximate surface area is 110 Å². The van der Waals surface area contributed by atoms with Crippen LogP contribution in [-0.4, -0.2) is 15.8 Å². The summed E-state index contributed by atoms with van der Waals surface area (Å²) in [4.78, 5) is 16.9. The molecule has 2 aromatic rings. The minimum Gasteiger partial charge on any atom is -0.324 e. The minimum absolute atomic E-state index is 0.0186. The van der Waals surface area contributed by atoms with Gasteiger partial charge in [0, 0.05) is 13.1 Å². The highest BCUT2D eigenvalue weighted by molar-refractivity contribution is 7.98. The second kappa shape index (κ2) is 4.74. The molecule has 0 fully saturated rings. The Hall–Kier alpha value is -1.33. The molecule has 0 bridgehead atoms. The van der Waals surface area contributed by atoms with Crippen molar-refractivity contribution in [2.75, 3.05) is 6.26 Å². The van der Waals surface area contributed by atoms with Gasteiger partial charge in [0.05, 0.1) is 10.9 Å². The van der Waals surface area contributed by atoms with E-state index >= 15 is 0 Å². The molecule has 1 atom stereocenters. The van der Waals surface area contributed by atoms with Gasteiger partial charge < -0.3 is 5.73 Å². The molecule has 2 N–H and O–H groups in total. The highest BCUT2D eigenvalue weighted by atomic mass is 32.2. The summed E-state index contributed by atoms with van der Waals surface area (Å²) >= 11 is 1.46. The molecular weight excluding hydrogens is 246 g/mol. The van der Waals surface area contributed by atoms with Crippen LogP contribution < -0.4 is 11.3 Å². The van der Waals surface area contributed by atoms with Crippen LogP contribution in [0.15, 0.2) is 22.1 Å². The van der Waals surface area contributed by atoms with Crippen molar-refractivity contribution in [1.29, 1.82) is 0 Å². The van der Waals surface area contributed by atoms with E-state index in [1.54, 1.807) is 11.6 Å². The zero-order valence-corrected chi connectivity index (χ0v) is 11.8. The van der Waals surface area contributed by atoms with Gasteiger partial charge in [0.15, 0.2) is 5.16 Å². The van der Waals surface area contributed by atoms with Crippen molar-refractivity contribution in [3.8, 4) is 0 Å². The lowest BCUT2D eigenvalue weighted by Gasteiger charge is -2.13. The summed E-state index contributed by atoms with van der Waals surface area (Å²) < 4.78 is 1.58. The van der Waals surface area contributed by atoms with E-state index in [4.69, 9.17) is 5.73 Å². The van der Waals surface area contributed by atoms with Crippen LogP contribution in [0.1, 0.15) is 24.1 Å². The molecule has 0 aliphatic carbocycles. The van der Waals surface area contributed by atoms with Crippen LogP contribution in [0.5, 0.6) is 0 Å². The van der Waals surface area contributed by atoms with E-state index in [0.29, 0.717) is 10.5 Å². The molecule has 1 unspecified atom stereocenters. The largest absolute Gasteiger partial charge is 0.324 e. The average molecular weight is 263 g/mol. The number of hydrogen-bond acceptors (Lipinski definition) is 4. The third-order valence-electron chi connectivity index (χ3n) is 2.99. The number of nitrogens with two attached hydrogens (primary N) is 1. The Morgan fingerprint density at radius 3 is 2.67 bits per heavy atom. The molecule has 1 heterocycles. The Morgan fingerprint density at radius 2 is 2.11 bits per heavy atom. The summed E-state index contributed by atoms with van der Waals surface area (Å²) in [6.45, 7) is 3.87. The summed E-state index contributed by atoms with van der Waals surface area (Å²) in [6, 6.07) is 3.74. The van der Waals surface area contributed by atoms with Gasteiger partial charge in [-0.25, -0.2) is 4.98 Å². The number of fused-ring (bicyclic) bond motifs is 1. The van der Waals surface area contributed by atoms with Gasteiger partial charge in [0.25, 0.3) is 5.56 Å². The Balaban J connectivity index is 2.97. The molecule has 0 saturated carbocycles. The van der Waals surface area contributed by atoms with E-state index in [-0.39, 0.29) is 11.6 Å². The normalized spacial score (nSPS) is 12.9. The van der Waals surface area contributed by atoms with Gasteiger partial charge in [-0.2, -0.15) is 0 Å². The van der Waals surface area contributed by atoms with Crippen LogP contribution in [0.3, 0.4) is 0 Å². The molecule has 18 heavy (non-hydrogen) atoms. The fourth-order valence-electron chi connectivity index (χ4n) is 2.06. The third-order valence-corrected chi connectivity index (χ3v) is 3.72. The number of benzene rings is 1. The monoisotopic (exact) mass is 263 g/mol. The first-order valence-corrected chi connectivity index (χ1v) is 6.99. The van der Waals surface area contributed by atoms with Crippen molar-refractivity contribution < 1.29 is 0 Å². The van der Waals surface area contributed by atoms with E-state index in [1.807, 2.05) is 32.2 Å². The first-order chi connectivity index (χ1) is 8.45. The van der Waals surface area contributed by atoms with Gasteiger partial charge in [-0.3, -0.25) is 9.36 Å². The summed E-state index contributed by atoms with van der Waals surface area (Å²) in [5, 5.41) is 1.35. The molecule has 1 aromatic carbocycles. The van der Waals surface area contributed by atoms with E-state index < -0.39 is 0 Å². The van der Waals surface area contributed by atoms with Crippen LogP contribution in [0.4, 0.5) is 0 Å². The number of aromatic nitrogens is 2. The Kier molecular flexibility index (Phi) is 3.45. The van der Waals surface area contributed by atoms with Crippen molar-refractivity contribution in [2.24, 2.45) is 12.8 Å². The van der Waals surface area contributed by atoms with E-state index in [0.717, 1.165) is 16.6 Å². The van der Waals surface area contributed by atoms with Gasteiger partial charge >= 0.3 is 0 Å². The lowest BCUT2D eigenvalue weighted by atomic mass is 10.0.